The molecule has 0 unspecified atom stereocenters. The van der Waals surface area contributed by atoms with Crippen LogP contribution in [0.25, 0.3) is 6.08 Å². The number of esters is 1. The highest BCUT2D eigenvalue weighted by Gasteiger charge is 2.22. The summed E-state index contributed by atoms with van der Waals surface area (Å²) in [5.41, 5.74) is 4.72. The number of rotatable bonds is 7. The van der Waals surface area contributed by atoms with E-state index >= 15 is 0 Å². The van der Waals surface area contributed by atoms with E-state index in [4.69, 9.17) is 4.74 Å². The van der Waals surface area contributed by atoms with Crippen molar-refractivity contribution in [2.75, 3.05) is 0 Å². The highest BCUT2D eigenvalue weighted by molar-refractivity contribution is 5.98. The van der Waals surface area contributed by atoms with Gasteiger partial charge in [-0.05, 0) is 49.1 Å². The van der Waals surface area contributed by atoms with Gasteiger partial charge in [0.05, 0.1) is 0 Å². The lowest BCUT2D eigenvalue weighted by Crippen LogP contribution is -2.14. The van der Waals surface area contributed by atoms with Crippen LogP contribution in [-0.2, 0) is 16.1 Å². The van der Waals surface area contributed by atoms with Gasteiger partial charge in [0.15, 0.2) is 6.10 Å². The quantitative estimate of drug-likeness (QED) is 0.289. The zero-order chi connectivity index (χ0) is 21.5. The second-order valence-corrected chi connectivity index (χ2v) is 7.25. The van der Waals surface area contributed by atoms with Crippen LogP contribution in [-0.4, -0.2) is 10.5 Å². The molecule has 0 saturated heterocycles. The zero-order valence-corrected chi connectivity index (χ0v) is 17.6. The van der Waals surface area contributed by atoms with Gasteiger partial charge in [0.2, 0.25) is 0 Å². The number of aryl methyl sites for hydroxylation is 1. The summed E-state index contributed by atoms with van der Waals surface area (Å²) in [4.78, 5) is 12.9. The Labute approximate surface area is 178 Å². The molecule has 0 saturated carbocycles. The van der Waals surface area contributed by atoms with Crippen LogP contribution in [0.3, 0.4) is 0 Å². The van der Waals surface area contributed by atoms with Crippen molar-refractivity contribution in [3.8, 4) is 6.07 Å². The summed E-state index contributed by atoms with van der Waals surface area (Å²) < 4.78 is 8.03. The van der Waals surface area contributed by atoms with Crippen molar-refractivity contribution in [2.24, 2.45) is 0 Å². The molecule has 0 bridgehead atoms. The van der Waals surface area contributed by atoms with Crippen LogP contribution in [0.1, 0.15) is 47.5 Å². The highest BCUT2D eigenvalue weighted by atomic mass is 16.5. The summed E-state index contributed by atoms with van der Waals surface area (Å²) in [6.07, 6.45) is 2.07. The van der Waals surface area contributed by atoms with E-state index in [2.05, 4.69) is 11.5 Å². The van der Waals surface area contributed by atoms with Gasteiger partial charge in [-0.3, -0.25) is 0 Å². The van der Waals surface area contributed by atoms with Crippen molar-refractivity contribution in [2.45, 2.75) is 39.8 Å². The topological polar surface area (TPSA) is 55.0 Å². The number of carbonyl (C=O) groups excluding carboxylic acids is 1. The van der Waals surface area contributed by atoms with Gasteiger partial charge < -0.3 is 9.30 Å². The minimum absolute atomic E-state index is 0.0105. The largest absolute Gasteiger partial charge is 0.448 e. The fourth-order valence-corrected chi connectivity index (χ4v) is 3.59. The minimum atomic E-state index is -0.629. The van der Waals surface area contributed by atoms with E-state index in [1.807, 2.05) is 86.6 Å². The van der Waals surface area contributed by atoms with Crippen LogP contribution in [0, 0.1) is 25.2 Å². The van der Waals surface area contributed by atoms with Crippen LogP contribution in [0.4, 0.5) is 0 Å². The lowest BCUT2D eigenvalue weighted by Gasteiger charge is -2.18. The smallest absolute Gasteiger partial charge is 0.349 e. The molecule has 2 aromatic carbocycles. The molecule has 30 heavy (non-hydrogen) atoms. The first-order valence-electron chi connectivity index (χ1n) is 10.1. The Morgan fingerprint density at radius 1 is 1.07 bits per heavy atom. The van der Waals surface area contributed by atoms with Crippen LogP contribution in [0.5, 0.6) is 0 Å². The molecule has 0 spiro atoms. The predicted octanol–water partition coefficient (Wildman–Crippen LogP) is 5.75. The molecule has 1 heterocycles. The third-order valence-corrected chi connectivity index (χ3v) is 5.13. The van der Waals surface area contributed by atoms with E-state index < -0.39 is 12.1 Å². The Balaban J connectivity index is 1.92. The molecule has 0 radical (unpaired) electrons. The van der Waals surface area contributed by atoms with Crippen molar-refractivity contribution >= 4 is 12.0 Å². The van der Waals surface area contributed by atoms with Gasteiger partial charge in [0.25, 0.3) is 0 Å². The fourth-order valence-electron chi connectivity index (χ4n) is 3.59. The van der Waals surface area contributed by atoms with E-state index in [1.54, 1.807) is 6.08 Å². The summed E-state index contributed by atoms with van der Waals surface area (Å²) >= 11 is 0. The van der Waals surface area contributed by atoms with Crippen LogP contribution >= 0.6 is 0 Å². The monoisotopic (exact) mass is 398 g/mol. The molecule has 4 nitrogen and oxygen atoms in total. The molecule has 3 aromatic rings. The van der Waals surface area contributed by atoms with Gasteiger partial charge in [-0.15, -0.1) is 0 Å². The maximum atomic E-state index is 12.9. The average molecular weight is 399 g/mol. The lowest BCUT2D eigenvalue weighted by molar-refractivity contribution is -0.142. The number of nitriles is 1. The summed E-state index contributed by atoms with van der Waals surface area (Å²) in [7, 11) is 0. The van der Waals surface area contributed by atoms with Gasteiger partial charge in [0.1, 0.15) is 11.6 Å². The van der Waals surface area contributed by atoms with Gasteiger partial charge in [-0.25, -0.2) is 4.79 Å². The van der Waals surface area contributed by atoms with Crippen molar-refractivity contribution in [1.29, 1.82) is 5.26 Å². The van der Waals surface area contributed by atoms with Crippen LogP contribution < -0.4 is 0 Å². The highest BCUT2D eigenvalue weighted by Crippen LogP contribution is 2.27. The number of benzene rings is 2. The number of ether oxygens (including phenoxy) is 1. The number of aromatic nitrogens is 1. The van der Waals surface area contributed by atoms with Gasteiger partial charge >= 0.3 is 5.97 Å². The lowest BCUT2D eigenvalue weighted by atomic mass is 10.0. The molecule has 0 atom stereocenters. The number of hydrogen-bond donors (Lipinski definition) is 0. The van der Waals surface area contributed by atoms with E-state index in [9.17, 15) is 10.1 Å². The first-order valence-corrected chi connectivity index (χ1v) is 10.1. The Hall–Kier alpha value is -3.58. The molecule has 1 aromatic heterocycles. The Morgan fingerprint density at radius 3 is 2.13 bits per heavy atom. The first-order chi connectivity index (χ1) is 14.5. The van der Waals surface area contributed by atoms with Gasteiger partial charge in [-0.2, -0.15) is 5.26 Å². The third-order valence-electron chi connectivity index (χ3n) is 5.13. The molecule has 0 aliphatic heterocycles. The predicted molar refractivity (Wildman–Crippen MR) is 119 cm³/mol. The summed E-state index contributed by atoms with van der Waals surface area (Å²) in [6.45, 7) is 7.07. The molecule has 0 fully saturated rings. The molecule has 0 aliphatic carbocycles. The Morgan fingerprint density at radius 2 is 1.63 bits per heavy atom. The van der Waals surface area contributed by atoms with E-state index in [1.165, 1.54) is 0 Å². The molecule has 3 rings (SSSR count). The first kappa shape index (κ1) is 21.1. The maximum Gasteiger partial charge on any atom is 0.349 e. The number of nitrogens with zero attached hydrogens (tertiary/aromatic N) is 2. The van der Waals surface area contributed by atoms with Gasteiger partial charge in [-0.1, -0.05) is 67.6 Å². The number of hydrogen-bond acceptors (Lipinski definition) is 3. The molecule has 4 heteroatoms. The fraction of sp³-hybridized carbons (Fsp3) is 0.231. The third kappa shape index (κ3) is 4.69. The normalized spacial score (nSPS) is 11.4. The van der Waals surface area contributed by atoms with E-state index in [0.717, 1.165) is 41.0 Å². The van der Waals surface area contributed by atoms with E-state index in [-0.39, 0.29) is 5.57 Å². The second kappa shape index (κ2) is 9.76. The standard InChI is InChI=1S/C26H26N2O2/c1-4-15-28-19(2)16-23(20(28)3)17-24(18-27)26(29)30-25(21-11-7-5-8-12-21)22-13-9-6-10-14-22/h5-14,16-17,25H,4,15H2,1-3H3/b24-17+. The Kier molecular flexibility index (Phi) is 6.87. The molecule has 0 aliphatic rings. The van der Waals surface area contributed by atoms with E-state index in [0.29, 0.717) is 0 Å². The molecular weight excluding hydrogens is 372 g/mol. The zero-order valence-electron chi connectivity index (χ0n) is 17.6. The summed E-state index contributed by atoms with van der Waals surface area (Å²) in [6, 6.07) is 23.1. The maximum absolute atomic E-state index is 12.9. The summed E-state index contributed by atoms with van der Waals surface area (Å²) in [5, 5.41) is 9.66. The molecule has 0 N–H and O–H groups in total. The number of carbonyl (C=O) groups is 1. The van der Waals surface area contributed by atoms with Crippen LogP contribution in [0.2, 0.25) is 0 Å². The Bertz CT molecular complexity index is 1030. The van der Waals surface area contributed by atoms with Crippen molar-refractivity contribution in [3.63, 3.8) is 0 Å². The average Bonchev–Trinajstić information content (AvgIpc) is 3.04. The second-order valence-electron chi connectivity index (χ2n) is 7.25. The molecular formula is C26H26N2O2. The van der Waals surface area contributed by atoms with Crippen molar-refractivity contribution < 1.29 is 9.53 Å². The minimum Gasteiger partial charge on any atom is -0.448 e. The van der Waals surface area contributed by atoms with Crippen molar-refractivity contribution in [3.05, 3.63) is 100 Å². The van der Waals surface area contributed by atoms with Crippen molar-refractivity contribution in [1.82, 2.24) is 4.57 Å². The molecule has 0 amide bonds. The van der Waals surface area contributed by atoms with Crippen LogP contribution in [0.15, 0.2) is 72.3 Å². The SMILES string of the molecule is CCCn1c(C)cc(/C=C(\C#N)C(=O)OC(c2ccccc2)c2ccccc2)c1C. The molecule has 152 valence electrons. The summed E-state index contributed by atoms with van der Waals surface area (Å²) in [5.74, 6) is -0.629. The van der Waals surface area contributed by atoms with Gasteiger partial charge in [0, 0.05) is 17.9 Å².